The molecule has 0 aliphatic rings. The van der Waals surface area contributed by atoms with Gasteiger partial charge in [-0.2, -0.15) is 0 Å². The van der Waals surface area contributed by atoms with Gasteiger partial charge in [0.25, 0.3) is 0 Å². The molecule has 0 saturated heterocycles. The molecule has 0 spiro atoms. The molecule has 4 N–H and O–H groups in total. The van der Waals surface area contributed by atoms with Crippen LogP contribution in [0, 0.1) is 0 Å². The number of aliphatic hydroxyl groups is 4. The number of aldehydes is 1. The minimum atomic E-state index is -1.89. The van der Waals surface area contributed by atoms with Crippen LogP contribution in [0.15, 0.2) is 12.8 Å². The van der Waals surface area contributed by atoms with E-state index in [4.69, 9.17) is 5.11 Å². The Labute approximate surface area is 133 Å². The zero-order chi connectivity index (χ0) is 17.8. The Balaban J connectivity index is 3.93. The minimum absolute atomic E-state index is 0.00396. The second kappa shape index (κ2) is 11.7. The van der Waals surface area contributed by atoms with E-state index >= 15 is 0 Å². The quantitative estimate of drug-likeness (QED) is 0.143. The van der Waals surface area contributed by atoms with Crippen molar-refractivity contribution in [2.75, 3.05) is 6.61 Å². The molecule has 0 aromatic heterocycles. The molecule has 0 heterocycles. The van der Waals surface area contributed by atoms with E-state index in [0.29, 0.717) is 12.8 Å². The van der Waals surface area contributed by atoms with E-state index in [0.717, 1.165) is 6.26 Å². The number of esters is 2. The maximum atomic E-state index is 11.4. The van der Waals surface area contributed by atoms with Gasteiger partial charge in [-0.05, 0) is 12.8 Å². The summed E-state index contributed by atoms with van der Waals surface area (Å²) in [4.78, 5) is 32.6. The molecule has 23 heavy (non-hydrogen) atoms. The molecule has 0 aromatic carbocycles. The topological polar surface area (TPSA) is 151 Å². The third-order valence-electron chi connectivity index (χ3n) is 2.88. The summed E-state index contributed by atoms with van der Waals surface area (Å²) in [6.45, 7) is 2.62. The van der Waals surface area contributed by atoms with Gasteiger partial charge in [0.2, 0.25) is 0 Å². The van der Waals surface area contributed by atoms with Crippen LogP contribution in [0.3, 0.4) is 0 Å². The van der Waals surface area contributed by atoms with Crippen molar-refractivity contribution in [3.05, 3.63) is 12.8 Å². The highest BCUT2D eigenvalue weighted by Crippen LogP contribution is 2.07. The normalized spacial score (nSPS) is 15.8. The molecule has 0 amide bonds. The fourth-order valence-electron chi connectivity index (χ4n) is 1.55. The molecule has 0 aromatic rings. The Morgan fingerprint density at radius 1 is 1.00 bits per heavy atom. The van der Waals surface area contributed by atoms with Gasteiger partial charge in [0.15, 0.2) is 6.29 Å². The molecule has 0 aliphatic carbocycles. The van der Waals surface area contributed by atoms with Crippen LogP contribution in [0.1, 0.15) is 25.7 Å². The Morgan fingerprint density at radius 3 is 2.09 bits per heavy atom. The first kappa shape index (κ1) is 21.2. The molecule has 0 bridgehead atoms. The molecule has 0 aliphatic heterocycles. The number of carbonyl (C=O) groups is 3. The van der Waals surface area contributed by atoms with Gasteiger partial charge in [-0.25, -0.2) is 0 Å². The molecular formula is C14H22O9. The van der Waals surface area contributed by atoms with E-state index in [9.17, 15) is 29.7 Å². The summed E-state index contributed by atoms with van der Waals surface area (Å²) in [5.41, 5.74) is 0. The molecule has 0 fully saturated rings. The molecule has 0 saturated carbocycles. The van der Waals surface area contributed by atoms with E-state index in [1.807, 2.05) is 0 Å². The third kappa shape index (κ3) is 9.04. The lowest BCUT2D eigenvalue weighted by molar-refractivity contribution is -0.156. The maximum Gasteiger partial charge on any atom is 0.310 e. The van der Waals surface area contributed by atoms with Gasteiger partial charge in [0.05, 0.1) is 6.26 Å². The summed E-state index contributed by atoms with van der Waals surface area (Å²) in [5, 5.41) is 37.3. The van der Waals surface area contributed by atoms with Crippen LogP contribution in [0.2, 0.25) is 0 Å². The Bertz CT molecular complexity index is 396. The number of ether oxygens (including phenoxy) is 2. The van der Waals surface area contributed by atoms with Crippen LogP contribution < -0.4 is 0 Å². The highest BCUT2D eigenvalue weighted by atomic mass is 16.5. The molecule has 0 rings (SSSR count). The summed E-state index contributed by atoms with van der Waals surface area (Å²) in [5.74, 6) is -1.13. The molecule has 9 heteroatoms. The fourth-order valence-corrected chi connectivity index (χ4v) is 1.55. The standard InChI is InChI=1S/C14H22O9/c1-2-22-11(18)5-3-4-6-12(19)23-8-10(17)14(21)13(20)9(16)7-15/h2,7,9-10,13-14,16-17,20-21H,1,3-6,8H2/t9-,10-,13-,14-/m1/s1. The fraction of sp³-hybridized carbons (Fsp3) is 0.643. The summed E-state index contributed by atoms with van der Waals surface area (Å²) in [6.07, 6.45) is -5.37. The van der Waals surface area contributed by atoms with Gasteiger partial charge in [0.1, 0.15) is 31.0 Å². The van der Waals surface area contributed by atoms with Crippen molar-refractivity contribution < 1.29 is 44.3 Å². The van der Waals surface area contributed by atoms with Crippen molar-refractivity contribution >= 4 is 18.2 Å². The second-order valence-corrected chi connectivity index (χ2v) is 4.72. The van der Waals surface area contributed by atoms with Gasteiger partial charge in [-0.1, -0.05) is 6.58 Å². The van der Waals surface area contributed by atoms with Gasteiger partial charge < -0.3 is 34.7 Å². The van der Waals surface area contributed by atoms with Crippen LogP contribution in [-0.2, 0) is 23.9 Å². The lowest BCUT2D eigenvalue weighted by atomic mass is 10.0. The van der Waals surface area contributed by atoms with Gasteiger partial charge >= 0.3 is 11.9 Å². The molecule has 0 radical (unpaired) electrons. The summed E-state index contributed by atoms with van der Waals surface area (Å²) in [6, 6.07) is 0. The summed E-state index contributed by atoms with van der Waals surface area (Å²) < 4.78 is 9.16. The van der Waals surface area contributed by atoms with Crippen molar-refractivity contribution in [1.82, 2.24) is 0 Å². The van der Waals surface area contributed by atoms with Crippen LogP contribution in [0.4, 0.5) is 0 Å². The van der Waals surface area contributed by atoms with Gasteiger partial charge in [-0.15, -0.1) is 0 Å². The van der Waals surface area contributed by atoms with E-state index in [-0.39, 0.29) is 19.1 Å². The first-order valence-corrected chi connectivity index (χ1v) is 6.97. The Morgan fingerprint density at radius 2 is 1.57 bits per heavy atom. The van der Waals surface area contributed by atoms with Crippen LogP contribution in [0.25, 0.3) is 0 Å². The molecule has 132 valence electrons. The van der Waals surface area contributed by atoms with Crippen molar-refractivity contribution in [3.8, 4) is 0 Å². The van der Waals surface area contributed by atoms with Crippen molar-refractivity contribution in [2.45, 2.75) is 50.1 Å². The van der Waals surface area contributed by atoms with E-state index < -0.39 is 43.0 Å². The zero-order valence-electron chi connectivity index (χ0n) is 12.5. The lowest BCUT2D eigenvalue weighted by Gasteiger charge is -2.23. The third-order valence-corrected chi connectivity index (χ3v) is 2.88. The van der Waals surface area contributed by atoms with E-state index in [1.54, 1.807) is 0 Å². The van der Waals surface area contributed by atoms with Crippen molar-refractivity contribution in [1.29, 1.82) is 0 Å². The lowest BCUT2D eigenvalue weighted by Crippen LogP contribution is -2.46. The Kier molecular flexibility index (Phi) is 10.8. The smallest absolute Gasteiger partial charge is 0.310 e. The molecule has 9 nitrogen and oxygen atoms in total. The van der Waals surface area contributed by atoms with Crippen LogP contribution in [0.5, 0.6) is 0 Å². The SMILES string of the molecule is C=COC(=O)CCCCC(=O)OC[C@@H](O)[C@@H](O)[C@H](O)[C@H](O)C=O. The van der Waals surface area contributed by atoms with Gasteiger partial charge in [0, 0.05) is 12.8 Å². The maximum absolute atomic E-state index is 11.4. The van der Waals surface area contributed by atoms with Gasteiger partial charge in [-0.3, -0.25) is 9.59 Å². The number of aliphatic hydroxyl groups excluding tert-OH is 4. The minimum Gasteiger partial charge on any atom is -0.463 e. The van der Waals surface area contributed by atoms with E-state index in [1.165, 1.54) is 0 Å². The number of hydrogen-bond donors (Lipinski definition) is 4. The number of hydrogen-bond acceptors (Lipinski definition) is 9. The van der Waals surface area contributed by atoms with Crippen LogP contribution in [-0.4, -0.2) is 69.7 Å². The van der Waals surface area contributed by atoms with Crippen molar-refractivity contribution in [3.63, 3.8) is 0 Å². The zero-order valence-corrected chi connectivity index (χ0v) is 12.5. The predicted molar refractivity (Wildman–Crippen MR) is 75.8 cm³/mol. The average molecular weight is 334 g/mol. The summed E-state index contributed by atoms with van der Waals surface area (Å²) in [7, 11) is 0. The second-order valence-electron chi connectivity index (χ2n) is 4.72. The average Bonchev–Trinajstić information content (AvgIpc) is 2.54. The predicted octanol–water partition coefficient (Wildman–Crippen LogP) is -1.58. The largest absolute Gasteiger partial charge is 0.463 e. The van der Waals surface area contributed by atoms with Crippen LogP contribution >= 0.6 is 0 Å². The first-order valence-electron chi connectivity index (χ1n) is 6.97. The number of unbranched alkanes of at least 4 members (excludes halogenated alkanes) is 1. The summed E-state index contributed by atoms with van der Waals surface area (Å²) >= 11 is 0. The number of carbonyl (C=O) groups excluding carboxylic acids is 3. The molecule has 4 atom stereocenters. The molecular weight excluding hydrogens is 312 g/mol. The van der Waals surface area contributed by atoms with Crippen molar-refractivity contribution in [2.24, 2.45) is 0 Å². The monoisotopic (exact) mass is 334 g/mol. The highest BCUT2D eigenvalue weighted by molar-refractivity contribution is 5.70. The first-order chi connectivity index (χ1) is 10.8. The highest BCUT2D eigenvalue weighted by Gasteiger charge is 2.30. The Hall–Kier alpha value is -1.81. The number of rotatable bonds is 12. The molecule has 0 unspecified atom stereocenters. The van der Waals surface area contributed by atoms with E-state index in [2.05, 4.69) is 16.1 Å².